The van der Waals surface area contributed by atoms with Crippen molar-refractivity contribution in [3.8, 4) is 0 Å². The summed E-state index contributed by atoms with van der Waals surface area (Å²) < 4.78 is 11.2. The first kappa shape index (κ1) is 49.6. The summed E-state index contributed by atoms with van der Waals surface area (Å²) in [6.07, 6.45) is 56.4. The summed E-state index contributed by atoms with van der Waals surface area (Å²) in [4.78, 5) is 12.2. The zero-order valence-corrected chi connectivity index (χ0v) is 34.4. The van der Waals surface area contributed by atoms with Gasteiger partial charge in [0.1, 0.15) is 6.10 Å². The van der Waals surface area contributed by atoms with Crippen molar-refractivity contribution in [3.63, 3.8) is 0 Å². The van der Waals surface area contributed by atoms with Crippen molar-refractivity contribution in [2.75, 3.05) is 19.8 Å². The highest BCUT2D eigenvalue weighted by Gasteiger charge is 2.13. The van der Waals surface area contributed by atoms with Crippen LogP contribution in [0.25, 0.3) is 0 Å². The molecular formula is C47H88O4. The fourth-order valence-corrected chi connectivity index (χ4v) is 6.53. The zero-order chi connectivity index (χ0) is 37.0. The highest BCUT2D eigenvalue weighted by atomic mass is 16.6. The summed E-state index contributed by atoms with van der Waals surface area (Å²) in [7, 11) is 0. The molecule has 0 saturated heterocycles. The fourth-order valence-electron chi connectivity index (χ4n) is 6.53. The Bertz CT molecular complexity index is 757. The van der Waals surface area contributed by atoms with Crippen molar-refractivity contribution in [2.24, 2.45) is 0 Å². The first-order valence-electron chi connectivity index (χ1n) is 22.6. The minimum Gasteiger partial charge on any atom is -0.457 e. The lowest BCUT2D eigenvalue weighted by molar-refractivity contribution is -0.154. The van der Waals surface area contributed by atoms with E-state index in [1.807, 2.05) is 0 Å². The molecule has 0 bridgehead atoms. The van der Waals surface area contributed by atoms with E-state index in [1.165, 1.54) is 186 Å². The smallest absolute Gasteiger partial charge is 0.306 e. The number of unbranched alkanes of at least 4 members (excludes halogenated alkanes) is 28. The Morgan fingerprint density at radius 1 is 0.471 bits per heavy atom. The maximum Gasteiger partial charge on any atom is 0.306 e. The molecule has 51 heavy (non-hydrogen) atoms. The quantitative estimate of drug-likeness (QED) is 0.0388. The second-order valence-corrected chi connectivity index (χ2v) is 15.1. The molecule has 1 N–H and O–H groups in total. The molecule has 0 aromatic heterocycles. The molecule has 0 heterocycles. The van der Waals surface area contributed by atoms with Gasteiger partial charge in [0, 0.05) is 13.0 Å². The number of ether oxygens (including phenoxy) is 2. The minimum atomic E-state index is -0.536. The lowest BCUT2D eigenvalue weighted by atomic mass is 10.1. The summed E-state index contributed by atoms with van der Waals surface area (Å²) >= 11 is 0. The number of carbonyl (C=O) groups excluding carboxylic acids is 1. The predicted molar refractivity (Wildman–Crippen MR) is 224 cm³/mol. The Labute approximate surface area is 319 Å². The highest BCUT2D eigenvalue weighted by Crippen LogP contribution is 2.14. The summed E-state index contributed by atoms with van der Waals surface area (Å²) in [5.41, 5.74) is 0. The Kier molecular flexibility index (Phi) is 43.5. The molecule has 0 aromatic carbocycles. The van der Waals surface area contributed by atoms with Crippen LogP contribution in [0.2, 0.25) is 0 Å². The predicted octanol–water partition coefficient (Wildman–Crippen LogP) is 14.9. The van der Waals surface area contributed by atoms with Crippen molar-refractivity contribution in [1.82, 2.24) is 0 Å². The molecule has 0 amide bonds. The Morgan fingerprint density at radius 2 is 0.824 bits per heavy atom. The van der Waals surface area contributed by atoms with Crippen LogP contribution >= 0.6 is 0 Å². The topological polar surface area (TPSA) is 55.8 Å². The molecule has 0 aliphatic rings. The van der Waals surface area contributed by atoms with Gasteiger partial charge in [-0.2, -0.15) is 0 Å². The Balaban J connectivity index is 3.41. The number of aliphatic hydroxyl groups is 1. The molecule has 0 spiro atoms. The second kappa shape index (κ2) is 44.8. The number of esters is 1. The van der Waals surface area contributed by atoms with Gasteiger partial charge >= 0.3 is 5.97 Å². The summed E-state index contributed by atoms with van der Waals surface area (Å²) in [5, 5.41) is 9.62. The van der Waals surface area contributed by atoms with Gasteiger partial charge in [0.2, 0.25) is 0 Å². The first-order valence-corrected chi connectivity index (χ1v) is 22.6. The zero-order valence-electron chi connectivity index (χ0n) is 34.4. The van der Waals surface area contributed by atoms with E-state index in [1.54, 1.807) is 0 Å². The molecule has 4 heteroatoms. The average molecular weight is 717 g/mol. The van der Waals surface area contributed by atoms with Crippen LogP contribution in [0.4, 0.5) is 0 Å². The van der Waals surface area contributed by atoms with Crippen LogP contribution in [0, 0.1) is 0 Å². The van der Waals surface area contributed by atoms with Gasteiger partial charge in [-0.15, -0.1) is 0 Å². The Morgan fingerprint density at radius 3 is 1.27 bits per heavy atom. The van der Waals surface area contributed by atoms with Crippen molar-refractivity contribution in [2.45, 2.75) is 238 Å². The van der Waals surface area contributed by atoms with Crippen molar-refractivity contribution < 1.29 is 19.4 Å². The van der Waals surface area contributed by atoms with E-state index in [0.29, 0.717) is 19.6 Å². The van der Waals surface area contributed by atoms with Crippen LogP contribution in [0.15, 0.2) is 36.5 Å². The van der Waals surface area contributed by atoms with Crippen molar-refractivity contribution in [3.05, 3.63) is 36.5 Å². The van der Waals surface area contributed by atoms with Gasteiger partial charge < -0.3 is 14.6 Å². The molecule has 1 unspecified atom stereocenters. The van der Waals surface area contributed by atoms with Gasteiger partial charge in [-0.3, -0.25) is 4.79 Å². The summed E-state index contributed by atoms with van der Waals surface area (Å²) in [6.45, 7) is 5.34. The van der Waals surface area contributed by atoms with E-state index in [-0.39, 0.29) is 12.6 Å². The summed E-state index contributed by atoms with van der Waals surface area (Å²) in [6, 6.07) is 0. The number of hydrogen-bond acceptors (Lipinski definition) is 4. The molecule has 4 nitrogen and oxygen atoms in total. The van der Waals surface area contributed by atoms with Crippen LogP contribution in [-0.4, -0.2) is 37.0 Å². The van der Waals surface area contributed by atoms with Crippen molar-refractivity contribution >= 4 is 5.97 Å². The van der Waals surface area contributed by atoms with Gasteiger partial charge in [-0.25, -0.2) is 0 Å². The number of rotatable bonds is 42. The van der Waals surface area contributed by atoms with E-state index < -0.39 is 6.10 Å². The van der Waals surface area contributed by atoms with E-state index in [4.69, 9.17) is 9.47 Å². The molecule has 0 aromatic rings. The first-order chi connectivity index (χ1) is 25.2. The van der Waals surface area contributed by atoms with Gasteiger partial charge in [-0.05, 0) is 70.6 Å². The highest BCUT2D eigenvalue weighted by molar-refractivity contribution is 5.69. The maximum atomic E-state index is 12.2. The molecule has 0 radical (unpaired) electrons. The third-order valence-electron chi connectivity index (χ3n) is 9.94. The van der Waals surface area contributed by atoms with E-state index >= 15 is 0 Å². The SMILES string of the molecule is CCCCC/C=C\C/C=C\CCCCCCCCCCCC(=O)OC(CO)COCCCCCCCCCCCC/C=C\CCCCCCCC. The van der Waals surface area contributed by atoms with E-state index in [9.17, 15) is 9.90 Å². The second-order valence-electron chi connectivity index (χ2n) is 15.1. The molecule has 1 atom stereocenters. The van der Waals surface area contributed by atoms with Crippen LogP contribution in [0.1, 0.15) is 232 Å². The lowest BCUT2D eigenvalue weighted by Crippen LogP contribution is -2.27. The van der Waals surface area contributed by atoms with Crippen molar-refractivity contribution in [1.29, 1.82) is 0 Å². The van der Waals surface area contributed by atoms with Gasteiger partial charge in [0.25, 0.3) is 0 Å². The molecule has 0 aliphatic heterocycles. The largest absolute Gasteiger partial charge is 0.457 e. The third kappa shape index (κ3) is 42.9. The van der Waals surface area contributed by atoms with Gasteiger partial charge in [-0.1, -0.05) is 192 Å². The molecule has 0 aliphatic carbocycles. The van der Waals surface area contributed by atoms with Gasteiger partial charge in [0.05, 0.1) is 13.2 Å². The number of allylic oxidation sites excluding steroid dienone is 6. The van der Waals surface area contributed by atoms with Crippen LogP contribution in [-0.2, 0) is 14.3 Å². The number of aliphatic hydroxyl groups excluding tert-OH is 1. The minimum absolute atomic E-state index is 0.172. The molecule has 300 valence electrons. The van der Waals surface area contributed by atoms with Crippen LogP contribution in [0.3, 0.4) is 0 Å². The third-order valence-corrected chi connectivity index (χ3v) is 9.94. The van der Waals surface area contributed by atoms with Gasteiger partial charge in [0.15, 0.2) is 0 Å². The number of hydrogen-bond donors (Lipinski definition) is 1. The van der Waals surface area contributed by atoms with Crippen LogP contribution < -0.4 is 0 Å². The lowest BCUT2D eigenvalue weighted by Gasteiger charge is -2.16. The van der Waals surface area contributed by atoms with E-state index in [0.717, 1.165) is 25.7 Å². The molecular weight excluding hydrogens is 629 g/mol. The fraction of sp³-hybridized carbons (Fsp3) is 0.851. The average Bonchev–Trinajstić information content (AvgIpc) is 3.14. The normalized spacial score (nSPS) is 12.6. The number of carbonyl (C=O) groups is 1. The monoisotopic (exact) mass is 717 g/mol. The molecule has 0 saturated carbocycles. The maximum absolute atomic E-state index is 12.2. The molecule has 0 fully saturated rings. The standard InChI is InChI=1S/C47H88O4/c1-3-5-7-9-11-13-15-17-19-21-23-25-27-29-31-33-35-37-39-41-43-50-45-46(44-48)51-47(49)42-40-38-36-34-32-30-28-26-24-22-20-18-16-14-12-10-8-6-4-2/h12,14,17-20,46,48H,3-11,13,15-16,21-45H2,1-2H3/b14-12-,19-17-,20-18-. The van der Waals surface area contributed by atoms with E-state index in [2.05, 4.69) is 50.3 Å². The molecule has 0 rings (SSSR count). The summed E-state index contributed by atoms with van der Waals surface area (Å²) in [5.74, 6) is -0.203. The van der Waals surface area contributed by atoms with Crippen LogP contribution in [0.5, 0.6) is 0 Å². The Hall–Kier alpha value is -1.39.